The lowest BCUT2D eigenvalue weighted by Gasteiger charge is -2.30. The molecule has 0 aliphatic carbocycles. The van der Waals surface area contributed by atoms with Crippen LogP contribution < -0.4 is 14.8 Å². The second-order valence-electron chi connectivity index (χ2n) is 7.63. The minimum Gasteiger partial charge on any atom is -0.497 e. The number of amides is 2. The molecule has 0 fully saturated rings. The minimum absolute atomic E-state index is 0.0622. The Morgan fingerprint density at radius 3 is 2.29 bits per heavy atom. The van der Waals surface area contributed by atoms with Crippen molar-refractivity contribution in [2.24, 2.45) is 0 Å². The van der Waals surface area contributed by atoms with Crippen LogP contribution in [0.1, 0.15) is 45.6 Å². The number of carbonyl (C=O) groups is 2. The third-order valence-electron chi connectivity index (χ3n) is 5.23. The quantitative estimate of drug-likeness (QED) is 0.517. The normalized spacial score (nSPS) is 12.5. The zero-order valence-corrected chi connectivity index (χ0v) is 19.0. The van der Waals surface area contributed by atoms with Gasteiger partial charge < -0.3 is 19.7 Å². The molecule has 6 nitrogen and oxygen atoms in total. The molecule has 6 heteroatoms. The molecular formula is C25H34N2O4. The maximum atomic E-state index is 13.0. The van der Waals surface area contributed by atoms with E-state index in [1.807, 2.05) is 68.4 Å². The van der Waals surface area contributed by atoms with E-state index in [4.69, 9.17) is 9.47 Å². The van der Waals surface area contributed by atoms with Gasteiger partial charge in [0.05, 0.1) is 13.7 Å². The zero-order chi connectivity index (χ0) is 22.6. The molecule has 2 unspecified atom stereocenters. The van der Waals surface area contributed by atoms with E-state index in [2.05, 4.69) is 5.32 Å². The number of para-hydroxylation sites is 1. The monoisotopic (exact) mass is 426 g/mol. The van der Waals surface area contributed by atoms with E-state index in [1.165, 1.54) is 0 Å². The molecular weight excluding hydrogens is 392 g/mol. The average molecular weight is 427 g/mol. The molecule has 0 radical (unpaired) electrons. The fraction of sp³-hybridized carbons (Fsp3) is 0.440. The van der Waals surface area contributed by atoms with E-state index < -0.39 is 6.04 Å². The highest BCUT2D eigenvalue weighted by Gasteiger charge is 2.26. The summed E-state index contributed by atoms with van der Waals surface area (Å²) in [6.07, 6.45) is 1.72. The number of ether oxygens (including phenoxy) is 2. The molecule has 0 heterocycles. The number of hydrogen-bond donors (Lipinski definition) is 1. The highest BCUT2D eigenvalue weighted by molar-refractivity contribution is 5.87. The summed E-state index contributed by atoms with van der Waals surface area (Å²) in [6.45, 7) is 6.56. The number of methoxy groups -OCH3 is 1. The molecule has 2 aromatic rings. The Labute approximate surface area is 185 Å². The minimum atomic E-state index is -0.571. The van der Waals surface area contributed by atoms with E-state index in [-0.39, 0.29) is 17.9 Å². The Balaban J connectivity index is 2.01. The third kappa shape index (κ3) is 7.96. The predicted molar refractivity (Wildman–Crippen MR) is 122 cm³/mol. The van der Waals surface area contributed by atoms with Crippen LogP contribution in [0.15, 0.2) is 54.6 Å². The molecule has 2 amide bonds. The largest absolute Gasteiger partial charge is 0.497 e. The first-order valence-electron chi connectivity index (χ1n) is 10.8. The summed E-state index contributed by atoms with van der Waals surface area (Å²) in [4.78, 5) is 27.4. The molecule has 0 bridgehead atoms. The summed E-state index contributed by atoms with van der Waals surface area (Å²) >= 11 is 0. The second kappa shape index (κ2) is 12.6. The second-order valence-corrected chi connectivity index (χ2v) is 7.63. The fourth-order valence-electron chi connectivity index (χ4n) is 3.05. The zero-order valence-electron chi connectivity index (χ0n) is 19.0. The Morgan fingerprint density at radius 2 is 1.68 bits per heavy atom. The van der Waals surface area contributed by atoms with Crippen molar-refractivity contribution in [1.82, 2.24) is 10.2 Å². The molecule has 0 aliphatic rings. The summed E-state index contributed by atoms with van der Waals surface area (Å²) in [7, 11) is 1.61. The molecule has 168 valence electrons. The van der Waals surface area contributed by atoms with Crippen molar-refractivity contribution >= 4 is 11.8 Å². The molecule has 31 heavy (non-hydrogen) atoms. The molecule has 0 spiro atoms. The maximum Gasteiger partial charge on any atom is 0.242 e. The van der Waals surface area contributed by atoms with Gasteiger partial charge in [0, 0.05) is 19.0 Å². The van der Waals surface area contributed by atoms with E-state index >= 15 is 0 Å². The van der Waals surface area contributed by atoms with Gasteiger partial charge in [0.2, 0.25) is 11.8 Å². The first-order valence-corrected chi connectivity index (χ1v) is 10.8. The summed E-state index contributed by atoms with van der Waals surface area (Å²) in [5.74, 6) is 1.32. The maximum absolute atomic E-state index is 13.0. The van der Waals surface area contributed by atoms with Crippen molar-refractivity contribution in [2.75, 3.05) is 13.7 Å². The standard InChI is InChI=1S/C25H34N2O4/c1-5-19(2)26-25(29)20(3)27(18-21-13-15-22(30-4)16-14-21)24(28)12-9-17-31-23-10-7-6-8-11-23/h6-8,10-11,13-16,19-20H,5,9,12,17-18H2,1-4H3,(H,26,29). The summed E-state index contributed by atoms with van der Waals surface area (Å²) in [6, 6.07) is 16.6. The van der Waals surface area contributed by atoms with Crippen molar-refractivity contribution in [1.29, 1.82) is 0 Å². The SMILES string of the molecule is CCC(C)NC(=O)C(C)N(Cc1ccc(OC)cc1)C(=O)CCCOc1ccccc1. The van der Waals surface area contributed by atoms with E-state index in [9.17, 15) is 9.59 Å². The van der Waals surface area contributed by atoms with Gasteiger partial charge in [-0.2, -0.15) is 0 Å². The van der Waals surface area contributed by atoms with E-state index in [0.717, 1.165) is 23.5 Å². The molecule has 1 N–H and O–H groups in total. The number of nitrogens with one attached hydrogen (secondary N) is 1. The van der Waals surface area contributed by atoms with Crippen molar-refractivity contribution < 1.29 is 19.1 Å². The van der Waals surface area contributed by atoms with Gasteiger partial charge in [-0.25, -0.2) is 0 Å². The van der Waals surface area contributed by atoms with Crippen LogP contribution in [0.4, 0.5) is 0 Å². The number of nitrogens with zero attached hydrogens (tertiary/aromatic N) is 1. The first kappa shape index (κ1) is 24.3. The van der Waals surface area contributed by atoms with Crippen LogP contribution in [0.25, 0.3) is 0 Å². The first-order chi connectivity index (χ1) is 14.9. The topological polar surface area (TPSA) is 67.9 Å². The molecule has 2 rings (SSSR count). The van der Waals surface area contributed by atoms with Gasteiger partial charge in [0.25, 0.3) is 0 Å². The summed E-state index contributed by atoms with van der Waals surface area (Å²) < 4.78 is 10.9. The van der Waals surface area contributed by atoms with Crippen LogP contribution >= 0.6 is 0 Å². The summed E-state index contributed by atoms with van der Waals surface area (Å²) in [5, 5.41) is 2.98. The predicted octanol–water partition coefficient (Wildman–Crippen LogP) is 4.19. The van der Waals surface area contributed by atoms with Gasteiger partial charge >= 0.3 is 0 Å². The van der Waals surface area contributed by atoms with Gasteiger partial charge in [-0.3, -0.25) is 9.59 Å². The lowest BCUT2D eigenvalue weighted by Crippen LogP contribution is -2.49. The number of hydrogen-bond acceptors (Lipinski definition) is 4. The lowest BCUT2D eigenvalue weighted by atomic mass is 10.1. The number of rotatable bonds is 12. The highest BCUT2D eigenvalue weighted by atomic mass is 16.5. The van der Waals surface area contributed by atoms with Crippen molar-refractivity contribution in [3.05, 3.63) is 60.2 Å². The van der Waals surface area contributed by atoms with Crippen LogP contribution in [0.5, 0.6) is 11.5 Å². The highest BCUT2D eigenvalue weighted by Crippen LogP contribution is 2.16. The van der Waals surface area contributed by atoms with Crippen molar-refractivity contribution in [3.63, 3.8) is 0 Å². The van der Waals surface area contributed by atoms with Crippen LogP contribution in [-0.4, -0.2) is 42.5 Å². The lowest BCUT2D eigenvalue weighted by molar-refractivity contribution is -0.141. The van der Waals surface area contributed by atoms with E-state index in [1.54, 1.807) is 18.9 Å². The fourth-order valence-corrected chi connectivity index (χ4v) is 3.05. The van der Waals surface area contributed by atoms with Gasteiger partial charge in [-0.15, -0.1) is 0 Å². The molecule has 2 atom stereocenters. The third-order valence-corrected chi connectivity index (χ3v) is 5.23. The van der Waals surface area contributed by atoms with Crippen LogP contribution in [0, 0.1) is 0 Å². The number of benzene rings is 2. The number of carbonyl (C=O) groups excluding carboxylic acids is 2. The molecule has 2 aromatic carbocycles. The summed E-state index contributed by atoms with van der Waals surface area (Å²) in [5.41, 5.74) is 0.942. The Hall–Kier alpha value is -3.02. The molecule has 0 aliphatic heterocycles. The average Bonchev–Trinajstić information content (AvgIpc) is 2.80. The van der Waals surface area contributed by atoms with E-state index in [0.29, 0.717) is 26.0 Å². The van der Waals surface area contributed by atoms with Crippen molar-refractivity contribution in [2.45, 2.75) is 58.7 Å². The van der Waals surface area contributed by atoms with Crippen LogP contribution in [-0.2, 0) is 16.1 Å². The van der Waals surface area contributed by atoms with Gasteiger partial charge in [0.1, 0.15) is 17.5 Å². The smallest absolute Gasteiger partial charge is 0.242 e. The van der Waals surface area contributed by atoms with Gasteiger partial charge in [0.15, 0.2) is 0 Å². The van der Waals surface area contributed by atoms with Crippen LogP contribution in [0.3, 0.4) is 0 Å². The molecule has 0 saturated heterocycles. The molecule has 0 saturated carbocycles. The molecule has 0 aromatic heterocycles. The van der Waals surface area contributed by atoms with Gasteiger partial charge in [-0.1, -0.05) is 37.3 Å². The Kier molecular flexibility index (Phi) is 9.88. The van der Waals surface area contributed by atoms with Gasteiger partial charge in [-0.05, 0) is 56.5 Å². The van der Waals surface area contributed by atoms with Crippen molar-refractivity contribution in [3.8, 4) is 11.5 Å². The Bertz CT molecular complexity index is 808. The van der Waals surface area contributed by atoms with Crippen LogP contribution in [0.2, 0.25) is 0 Å². The Morgan fingerprint density at radius 1 is 1.00 bits per heavy atom.